The molecule has 3 atom stereocenters. The van der Waals surface area contributed by atoms with E-state index in [0.717, 1.165) is 5.56 Å². The second kappa shape index (κ2) is 38.9. The van der Waals surface area contributed by atoms with Crippen LogP contribution in [0.4, 0.5) is 0 Å². The Balaban J connectivity index is 0.0000188. The number of rotatable bonds is 33. The predicted octanol–water partition coefficient (Wildman–Crippen LogP) is -2.11. The van der Waals surface area contributed by atoms with Gasteiger partial charge in [0.05, 0.1) is 31.7 Å². The van der Waals surface area contributed by atoms with E-state index < -0.39 is 148 Å². The van der Waals surface area contributed by atoms with E-state index in [0.29, 0.717) is 50.5 Å². The normalized spacial score (nSPS) is 15.8. The Morgan fingerprint density at radius 2 is 0.936 bits per heavy atom. The van der Waals surface area contributed by atoms with E-state index in [9.17, 15) is 98.4 Å². The molecule has 2 aromatic carbocycles. The first-order valence-corrected chi connectivity index (χ1v) is 30.4. The van der Waals surface area contributed by atoms with Crippen molar-refractivity contribution in [1.82, 2.24) is 70.7 Å². The molecule has 35 heteroatoms. The number of hydrogen-bond acceptors (Lipinski definition) is 21. The first-order chi connectivity index (χ1) is 44.1. The van der Waals surface area contributed by atoms with Crippen LogP contribution >= 0.6 is 0 Å². The molecule has 94 heavy (non-hydrogen) atoms. The van der Waals surface area contributed by atoms with Crippen molar-refractivity contribution in [2.24, 2.45) is 0 Å². The van der Waals surface area contributed by atoms with Crippen molar-refractivity contribution >= 4 is 71.3 Å². The number of carboxylic acids is 6. The maximum Gasteiger partial charge on any atom is 0.317 e. The summed E-state index contributed by atoms with van der Waals surface area (Å²) in [6.45, 7) is 6.33. The van der Waals surface area contributed by atoms with Crippen molar-refractivity contribution < 1.29 is 135 Å². The molecule has 34 nitrogen and oxygen atoms in total. The second-order valence-corrected chi connectivity index (χ2v) is 22.8. The molecule has 1 aromatic heterocycles. The van der Waals surface area contributed by atoms with E-state index in [-0.39, 0.29) is 143 Å². The Morgan fingerprint density at radius 1 is 0.500 bits per heavy atom. The van der Waals surface area contributed by atoms with Crippen LogP contribution in [0.2, 0.25) is 0 Å². The molecule has 1 radical (unpaired) electrons. The van der Waals surface area contributed by atoms with E-state index in [1.165, 1.54) is 20.4 Å². The number of amides is 6. The summed E-state index contributed by atoms with van der Waals surface area (Å²) in [5.74, 6) is -12.9. The average molecular weight is 1480 g/mol. The molecule has 3 aromatic rings. The molecule has 6 amide bonds. The minimum atomic E-state index is -1.76. The van der Waals surface area contributed by atoms with Crippen LogP contribution in [-0.2, 0) is 59.3 Å². The monoisotopic (exact) mass is 1480 g/mol. The maximum absolute atomic E-state index is 14.0. The fraction of sp³-hybridized carbons (Fsp3) is 0.559. The van der Waals surface area contributed by atoms with Gasteiger partial charge in [-0.1, -0.05) is 26.0 Å². The molecule has 0 unspecified atom stereocenters. The molecule has 0 aliphatic carbocycles. The van der Waals surface area contributed by atoms with Crippen molar-refractivity contribution in [2.45, 2.75) is 96.3 Å². The molecule has 2 saturated heterocycles. The summed E-state index contributed by atoms with van der Waals surface area (Å²) in [6, 6.07) is 5.08. The van der Waals surface area contributed by atoms with Crippen molar-refractivity contribution in [3.05, 3.63) is 53.3 Å². The van der Waals surface area contributed by atoms with Gasteiger partial charge in [0.1, 0.15) is 29.6 Å². The number of nitrogens with zero attached hydrogens (tertiary/aromatic N) is 9. The Hall–Kier alpha value is -8.15. The topological polar surface area (TPSA) is 477 Å². The van der Waals surface area contributed by atoms with Gasteiger partial charge in [-0.05, 0) is 61.4 Å². The number of phenols is 2. The van der Waals surface area contributed by atoms with Crippen LogP contribution in [0.25, 0.3) is 17.1 Å². The number of aromatic hydroxyl groups is 2. The first kappa shape index (κ1) is 78.3. The van der Waals surface area contributed by atoms with Crippen LogP contribution in [0.3, 0.4) is 0 Å². The second-order valence-electron chi connectivity index (χ2n) is 22.8. The van der Waals surface area contributed by atoms with Crippen molar-refractivity contribution in [2.75, 3.05) is 118 Å². The van der Waals surface area contributed by atoms with Gasteiger partial charge in [0.2, 0.25) is 35.4 Å². The number of carbonyl (C=O) groups is 12. The number of aliphatic carboxylic acids is 6. The summed E-state index contributed by atoms with van der Waals surface area (Å²) >= 11 is 0. The third-order valence-corrected chi connectivity index (χ3v) is 15.4. The molecule has 2 fully saturated rings. The average Bonchev–Trinajstić information content (AvgIpc) is 1.57. The number of carboxylic acid groups (broad SMARTS) is 6. The van der Waals surface area contributed by atoms with Crippen LogP contribution in [0.5, 0.6) is 11.5 Å². The van der Waals surface area contributed by atoms with E-state index in [2.05, 4.69) is 41.7 Å². The Bertz CT molecular complexity index is 3110. The molecule has 0 bridgehead atoms. The van der Waals surface area contributed by atoms with Gasteiger partial charge < -0.3 is 72.3 Å². The fourth-order valence-corrected chi connectivity index (χ4v) is 10.4. The van der Waals surface area contributed by atoms with E-state index in [1.54, 1.807) is 39.8 Å². The van der Waals surface area contributed by atoms with Gasteiger partial charge in [-0.25, -0.2) is 0 Å². The predicted molar refractivity (Wildman–Crippen MR) is 327 cm³/mol. The molecule has 0 saturated carbocycles. The standard InChI is InChI=1S/C59H84N14O20.Lu/c1-4-60-59(93)55-66-65-54(40-29-39(36(2)3)44(74)30-45(40)75)73(55)38-7-5-37(6-8-38)31-67-25-27-72(28-26-67)47(77)15-16-61-56(90)41(9-12-48(78)79)63-58(92)43(11-14-50(82)83)64-57(91)42(10-13-49(80)81)62-46(76)32-68-17-19-69(33-51(84)85)21-23-71(35-53(88)89)24-22-70(20-18-68)34-52(86)87;/h5-8,29-30,36,41-43,74-75H,4,9-28,31-35H2,1-3H3,(H,60,93)(H,61,90)(H,62,76)(H,63,92)(H,64,91)(H,78,79)(H,80,81)(H,82,83)(H,84,85)(H,86,87)(H,88,89);/t41-,42-,43-;/m1./s1. The Kier molecular flexibility index (Phi) is 32.4. The number of nitrogens with one attached hydrogen (secondary N) is 5. The summed E-state index contributed by atoms with van der Waals surface area (Å²) < 4.78 is 1.52. The van der Waals surface area contributed by atoms with E-state index >= 15 is 0 Å². The van der Waals surface area contributed by atoms with Crippen LogP contribution in [-0.4, -0.2) is 292 Å². The van der Waals surface area contributed by atoms with Gasteiger partial charge in [-0.15, -0.1) is 10.2 Å². The third kappa shape index (κ3) is 26.0. The number of aromatic nitrogens is 3. The molecule has 3 heterocycles. The molecule has 5 rings (SSSR count). The SMILES string of the molecule is CCNC(=O)c1nnc(-c2cc(C(C)C)c(O)cc2O)n1-c1ccc(CN2CCN(C(=O)CCNC(=O)[C@@H](CCC(=O)O)NC(=O)[C@@H](CCC(=O)O)NC(=O)[C@@H](CCC(=O)O)NC(=O)CN3CCN(CC(=O)O)CCN(CC(=O)O)CCN(CC(=O)O)CC3)CC2)cc1.[Lu]. The van der Waals surface area contributed by atoms with Gasteiger partial charge in [0.15, 0.2) is 5.82 Å². The maximum atomic E-state index is 14.0. The largest absolute Gasteiger partial charge is 0.508 e. The van der Waals surface area contributed by atoms with Crippen LogP contribution < -0.4 is 26.6 Å². The third-order valence-electron chi connectivity index (χ3n) is 15.4. The zero-order valence-electron chi connectivity index (χ0n) is 52.4. The smallest absolute Gasteiger partial charge is 0.317 e. The first-order valence-electron chi connectivity index (χ1n) is 30.4. The number of carbonyl (C=O) groups excluding carboxylic acids is 6. The fourth-order valence-electron chi connectivity index (χ4n) is 10.4. The quantitative estimate of drug-likeness (QED) is 0.0310. The van der Waals surface area contributed by atoms with Crippen LogP contribution in [0.1, 0.15) is 93.4 Å². The van der Waals surface area contributed by atoms with Crippen molar-refractivity contribution in [1.29, 1.82) is 0 Å². The molecular formula is C59H84LuN14O20. The summed E-state index contributed by atoms with van der Waals surface area (Å²) in [5.41, 5.74) is 2.22. The van der Waals surface area contributed by atoms with Crippen molar-refractivity contribution in [3.8, 4) is 28.6 Å². The van der Waals surface area contributed by atoms with Gasteiger partial charge in [-0.3, -0.25) is 86.6 Å². The molecule has 2 aliphatic heterocycles. The molecular weight excluding hydrogens is 1400 g/mol. The van der Waals surface area contributed by atoms with E-state index in [4.69, 9.17) is 0 Å². The minimum absolute atomic E-state index is 0. The number of piperazine rings is 1. The zero-order valence-corrected chi connectivity index (χ0v) is 54.1. The minimum Gasteiger partial charge on any atom is -0.508 e. The number of hydrogen-bond donors (Lipinski definition) is 13. The Labute approximate surface area is 570 Å². The van der Waals surface area contributed by atoms with Gasteiger partial charge in [-0.2, -0.15) is 0 Å². The number of benzene rings is 2. The molecule has 0 spiro atoms. The van der Waals surface area contributed by atoms with Crippen molar-refractivity contribution in [3.63, 3.8) is 0 Å². The van der Waals surface area contributed by atoms with Gasteiger partial charge in [0, 0.05) is 172 Å². The van der Waals surface area contributed by atoms with Gasteiger partial charge in [0.25, 0.3) is 5.91 Å². The summed E-state index contributed by atoms with van der Waals surface area (Å²) in [4.78, 5) is 162. The summed E-state index contributed by atoms with van der Waals surface area (Å²) in [5, 5.41) is 99.6. The van der Waals surface area contributed by atoms with E-state index in [1.807, 2.05) is 26.0 Å². The Morgan fingerprint density at radius 3 is 1.37 bits per heavy atom. The molecule has 525 valence electrons. The molecule has 13 N–H and O–H groups in total. The molecule has 2 aliphatic rings. The summed E-state index contributed by atoms with van der Waals surface area (Å²) in [7, 11) is 0. The van der Waals surface area contributed by atoms with Gasteiger partial charge >= 0.3 is 35.8 Å². The van der Waals surface area contributed by atoms with Crippen LogP contribution in [0, 0.1) is 36.9 Å². The van der Waals surface area contributed by atoms with Crippen LogP contribution in [0.15, 0.2) is 36.4 Å². The number of phenolic OH excluding ortho intramolecular Hbond substituents is 2. The summed E-state index contributed by atoms with van der Waals surface area (Å²) in [6.07, 6.45) is -3.90. The zero-order chi connectivity index (χ0) is 68.5.